The quantitative estimate of drug-likeness (QED) is 0.921. The molecule has 1 aromatic heterocycles. The van der Waals surface area contributed by atoms with E-state index in [1.807, 2.05) is 19.1 Å². The molecule has 2 rings (SSSR count). The van der Waals surface area contributed by atoms with Crippen molar-refractivity contribution in [3.63, 3.8) is 0 Å². The van der Waals surface area contributed by atoms with Gasteiger partial charge in [-0.2, -0.15) is 0 Å². The first-order valence-electron chi connectivity index (χ1n) is 6.04. The number of methoxy groups -OCH3 is 1. The molecule has 5 nitrogen and oxygen atoms in total. The number of rotatable bonds is 5. The van der Waals surface area contributed by atoms with Crippen LogP contribution in [0.2, 0.25) is 0 Å². The van der Waals surface area contributed by atoms with E-state index in [2.05, 4.69) is 15.5 Å². The van der Waals surface area contributed by atoms with Crippen LogP contribution in [0.1, 0.15) is 22.6 Å². The molecule has 1 N–H and O–H groups in total. The number of aromatic nitrogens is 2. The van der Waals surface area contributed by atoms with E-state index in [4.69, 9.17) is 4.74 Å². The smallest absolute Gasteiger partial charge is 0.291 e. The third-order valence-electron chi connectivity index (χ3n) is 2.71. The van der Waals surface area contributed by atoms with Gasteiger partial charge in [-0.1, -0.05) is 23.5 Å². The monoisotopic (exact) mass is 313 g/mol. The highest BCUT2D eigenvalue weighted by molar-refractivity contribution is 7.15. The number of benzene rings is 1. The Morgan fingerprint density at radius 2 is 2.19 bits per heavy atom. The molecule has 0 aliphatic rings. The van der Waals surface area contributed by atoms with E-state index < -0.39 is 11.4 Å². The van der Waals surface area contributed by atoms with Crippen LogP contribution in [-0.4, -0.2) is 23.2 Å². The van der Waals surface area contributed by atoms with Gasteiger partial charge in [0, 0.05) is 0 Å². The van der Waals surface area contributed by atoms with E-state index >= 15 is 0 Å². The predicted molar refractivity (Wildman–Crippen MR) is 74.9 cm³/mol. The molecular formula is C13H13F2N3O2S. The molecule has 112 valence electrons. The van der Waals surface area contributed by atoms with E-state index in [-0.39, 0.29) is 17.5 Å². The minimum Gasteiger partial charge on any atom is -0.496 e. The fourth-order valence-electron chi connectivity index (χ4n) is 1.70. The lowest BCUT2D eigenvalue weighted by Crippen LogP contribution is -2.14. The van der Waals surface area contributed by atoms with Crippen molar-refractivity contribution in [2.45, 2.75) is 19.8 Å². The Morgan fingerprint density at radius 3 is 2.81 bits per heavy atom. The maximum atomic E-state index is 12.4. The Morgan fingerprint density at radius 1 is 1.43 bits per heavy atom. The van der Waals surface area contributed by atoms with Crippen LogP contribution in [0.3, 0.4) is 0 Å². The summed E-state index contributed by atoms with van der Waals surface area (Å²) < 4.78 is 29.9. The van der Waals surface area contributed by atoms with Crippen molar-refractivity contribution in [3.05, 3.63) is 34.3 Å². The van der Waals surface area contributed by atoms with E-state index in [1.165, 1.54) is 0 Å². The zero-order valence-electron chi connectivity index (χ0n) is 11.4. The summed E-state index contributed by atoms with van der Waals surface area (Å²) in [6.45, 7) is 1.90. The van der Waals surface area contributed by atoms with E-state index in [0.717, 1.165) is 11.1 Å². The van der Waals surface area contributed by atoms with Gasteiger partial charge < -0.3 is 10.1 Å². The fraction of sp³-hybridized carbons (Fsp3) is 0.308. The molecular weight excluding hydrogens is 300 g/mol. The van der Waals surface area contributed by atoms with E-state index in [0.29, 0.717) is 17.1 Å². The molecule has 1 aromatic carbocycles. The SMILES string of the molecule is COc1cc(CC(=O)Nc2nnc(C(F)F)s2)ccc1C. The summed E-state index contributed by atoms with van der Waals surface area (Å²) in [5, 5.41) is 8.90. The summed E-state index contributed by atoms with van der Waals surface area (Å²) in [5.41, 5.74) is 1.72. The average molecular weight is 313 g/mol. The number of aryl methyl sites for hydroxylation is 1. The molecule has 0 saturated heterocycles. The lowest BCUT2D eigenvalue weighted by Gasteiger charge is -2.07. The Bertz CT molecular complexity index is 646. The Balaban J connectivity index is 2.01. The van der Waals surface area contributed by atoms with Gasteiger partial charge in [-0.15, -0.1) is 10.2 Å². The second kappa shape index (κ2) is 6.57. The molecule has 8 heteroatoms. The van der Waals surface area contributed by atoms with Crippen LogP contribution in [0.15, 0.2) is 18.2 Å². The number of nitrogens with zero attached hydrogens (tertiary/aromatic N) is 2. The highest BCUT2D eigenvalue weighted by Gasteiger charge is 2.15. The molecule has 1 amide bonds. The normalized spacial score (nSPS) is 10.7. The zero-order chi connectivity index (χ0) is 15.4. The number of hydrogen-bond acceptors (Lipinski definition) is 5. The standard InChI is InChI=1S/C13H13F2N3O2S/c1-7-3-4-8(5-9(7)20-2)6-10(19)16-13-18-17-12(21-13)11(14)15/h3-5,11H,6H2,1-2H3,(H,16,18,19). The first kappa shape index (κ1) is 15.3. The molecule has 0 unspecified atom stereocenters. The summed E-state index contributed by atoms with van der Waals surface area (Å²) in [4.78, 5) is 11.8. The largest absolute Gasteiger partial charge is 0.496 e. The summed E-state index contributed by atoms with van der Waals surface area (Å²) in [5.74, 6) is 0.342. The maximum absolute atomic E-state index is 12.4. The number of hydrogen-bond donors (Lipinski definition) is 1. The van der Waals surface area contributed by atoms with Gasteiger partial charge in [0.05, 0.1) is 13.5 Å². The van der Waals surface area contributed by atoms with Crippen molar-refractivity contribution < 1.29 is 18.3 Å². The molecule has 0 atom stereocenters. The van der Waals surface area contributed by atoms with Gasteiger partial charge in [-0.25, -0.2) is 8.78 Å². The van der Waals surface area contributed by atoms with Crippen LogP contribution in [0, 0.1) is 6.92 Å². The highest BCUT2D eigenvalue weighted by atomic mass is 32.1. The number of nitrogens with one attached hydrogen (secondary N) is 1. The third kappa shape index (κ3) is 3.94. The summed E-state index contributed by atoms with van der Waals surface area (Å²) in [7, 11) is 1.55. The van der Waals surface area contributed by atoms with Crippen molar-refractivity contribution in [1.29, 1.82) is 0 Å². The highest BCUT2D eigenvalue weighted by Crippen LogP contribution is 2.25. The van der Waals surface area contributed by atoms with Crippen molar-refractivity contribution >= 4 is 22.4 Å². The number of alkyl halides is 2. The van der Waals surface area contributed by atoms with Gasteiger partial charge in [-0.3, -0.25) is 4.79 Å². The molecule has 21 heavy (non-hydrogen) atoms. The second-order valence-electron chi connectivity index (χ2n) is 4.28. The lowest BCUT2D eigenvalue weighted by molar-refractivity contribution is -0.115. The van der Waals surface area contributed by atoms with Crippen LogP contribution < -0.4 is 10.1 Å². The van der Waals surface area contributed by atoms with Gasteiger partial charge in [0.25, 0.3) is 6.43 Å². The predicted octanol–water partition coefficient (Wildman–Crippen LogP) is 2.97. The minimum atomic E-state index is -2.69. The van der Waals surface area contributed by atoms with Crippen molar-refractivity contribution in [3.8, 4) is 5.75 Å². The minimum absolute atomic E-state index is 0.0642. The molecule has 0 aliphatic heterocycles. The Kier molecular flexibility index (Phi) is 4.79. The van der Waals surface area contributed by atoms with Crippen molar-refractivity contribution in [1.82, 2.24) is 10.2 Å². The van der Waals surface area contributed by atoms with Gasteiger partial charge in [-0.05, 0) is 24.1 Å². The lowest BCUT2D eigenvalue weighted by atomic mass is 10.1. The molecule has 2 aromatic rings. The van der Waals surface area contributed by atoms with Crippen molar-refractivity contribution in [2.75, 3.05) is 12.4 Å². The van der Waals surface area contributed by atoms with Crippen LogP contribution in [0.4, 0.5) is 13.9 Å². The van der Waals surface area contributed by atoms with Crippen LogP contribution in [0.25, 0.3) is 0 Å². The van der Waals surface area contributed by atoms with Crippen LogP contribution in [-0.2, 0) is 11.2 Å². The first-order chi connectivity index (χ1) is 9.99. The number of carbonyl (C=O) groups is 1. The van der Waals surface area contributed by atoms with E-state index in [9.17, 15) is 13.6 Å². The number of ether oxygens (including phenoxy) is 1. The molecule has 0 fully saturated rings. The Labute approximate surface area is 124 Å². The molecule has 0 saturated carbocycles. The summed E-state index contributed by atoms with van der Waals surface area (Å²) in [6, 6.07) is 5.42. The zero-order valence-corrected chi connectivity index (χ0v) is 12.2. The number of carbonyl (C=O) groups excluding carboxylic acids is 1. The first-order valence-corrected chi connectivity index (χ1v) is 6.86. The van der Waals surface area contributed by atoms with Crippen LogP contribution >= 0.6 is 11.3 Å². The number of amides is 1. The molecule has 0 radical (unpaired) electrons. The van der Waals surface area contributed by atoms with Gasteiger partial charge in [0.1, 0.15) is 5.75 Å². The number of halogens is 2. The fourth-order valence-corrected chi connectivity index (χ4v) is 2.31. The average Bonchev–Trinajstić information content (AvgIpc) is 2.89. The molecule has 1 heterocycles. The Hall–Kier alpha value is -2.09. The maximum Gasteiger partial charge on any atom is 0.291 e. The molecule has 0 spiro atoms. The molecule has 0 aliphatic carbocycles. The third-order valence-corrected chi connectivity index (χ3v) is 3.56. The number of anilines is 1. The summed E-state index contributed by atoms with van der Waals surface area (Å²) >= 11 is 0.661. The van der Waals surface area contributed by atoms with Gasteiger partial charge >= 0.3 is 0 Å². The van der Waals surface area contributed by atoms with Gasteiger partial charge in [0.15, 0.2) is 5.01 Å². The van der Waals surface area contributed by atoms with Crippen molar-refractivity contribution in [2.24, 2.45) is 0 Å². The second-order valence-corrected chi connectivity index (χ2v) is 5.28. The van der Waals surface area contributed by atoms with Crippen LogP contribution in [0.5, 0.6) is 5.75 Å². The summed E-state index contributed by atoms with van der Waals surface area (Å²) in [6.07, 6.45) is -2.59. The topological polar surface area (TPSA) is 64.1 Å². The van der Waals surface area contributed by atoms with Gasteiger partial charge in [0.2, 0.25) is 11.0 Å². The van der Waals surface area contributed by atoms with E-state index in [1.54, 1.807) is 13.2 Å². The molecule has 0 bridgehead atoms.